The van der Waals surface area contributed by atoms with Crippen LogP contribution in [0.3, 0.4) is 0 Å². The number of hydrogen-bond acceptors (Lipinski definition) is 6. The number of carbonyl (C=O) groups is 1. The molecule has 2 atom stereocenters. The van der Waals surface area contributed by atoms with Crippen LogP contribution in [0.5, 0.6) is 0 Å². The van der Waals surface area contributed by atoms with Gasteiger partial charge in [0.25, 0.3) is 0 Å². The van der Waals surface area contributed by atoms with Crippen LogP contribution in [0.4, 0.5) is 5.69 Å². The number of amides is 1. The molecule has 0 bridgehead atoms. The molecule has 0 aromatic heterocycles. The summed E-state index contributed by atoms with van der Waals surface area (Å²) < 4.78 is 0. The van der Waals surface area contributed by atoms with E-state index in [1.807, 2.05) is 0 Å². The molecule has 1 aromatic carbocycles. The highest BCUT2D eigenvalue weighted by Gasteiger charge is 2.21. The number of anilines is 1. The van der Waals surface area contributed by atoms with Gasteiger partial charge in [-0.15, -0.1) is 5.23 Å². The van der Waals surface area contributed by atoms with E-state index in [0.29, 0.717) is 5.56 Å². The predicted octanol–water partition coefficient (Wildman–Crippen LogP) is 0.192. The molecule has 0 spiro atoms. The maximum absolute atomic E-state index is 11.3. The van der Waals surface area contributed by atoms with Gasteiger partial charge in [0.1, 0.15) is 6.10 Å². The molecule has 106 valence electrons. The fourth-order valence-electron chi connectivity index (χ4n) is 1.57. The number of rotatable bonds is 6. The van der Waals surface area contributed by atoms with Crippen LogP contribution in [0.1, 0.15) is 25.0 Å². The summed E-state index contributed by atoms with van der Waals surface area (Å²) in [6.45, 7) is 1.27. The molecule has 7 heteroatoms. The largest absolute Gasteiger partial charge is 0.394 e. The molecule has 1 rings (SSSR count). The molecular formula is C12H18N2O5. The Bertz CT molecular complexity index is 407. The maximum Gasteiger partial charge on any atom is 0.220 e. The van der Waals surface area contributed by atoms with Crippen LogP contribution in [0, 0.1) is 0 Å². The van der Waals surface area contributed by atoms with E-state index in [1.165, 1.54) is 24.3 Å². The van der Waals surface area contributed by atoms with Crippen molar-refractivity contribution in [1.29, 1.82) is 0 Å². The average molecular weight is 270 g/mol. The third-order valence-corrected chi connectivity index (χ3v) is 2.71. The summed E-state index contributed by atoms with van der Waals surface area (Å²) in [4.78, 5) is 11.3. The monoisotopic (exact) mass is 270 g/mol. The van der Waals surface area contributed by atoms with Crippen molar-refractivity contribution in [2.24, 2.45) is 0 Å². The lowest BCUT2D eigenvalue weighted by Gasteiger charge is -2.22. The topological polar surface area (TPSA) is 113 Å². The quantitative estimate of drug-likeness (QED) is 0.472. The third kappa shape index (κ3) is 4.18. The Labute approximate surface area is 110 Å². The second kappa shape index (κ2) is 7.05. The second-order valence-corrected chi connectivity index (χ2v) is 4.04. The molecule has 0 heterocycles. The van der Waals surface area contributed by atoms with Crippen LogP contribution in [0.2, 0.25) is 0 Å². The van der Waals surface area contributed by atoms with Crippen LogP contribution in [0.15, 0.2) is 24.3 Å². The number of nitrogens with zero attached hydrogens (tertiary/aromatic N) is 1. The molecule has 1 amide bonds. The van der Waals surface area contributed by atoms with Gasteiger partial charge >= 0.3 is 0 Å². The Kier molecular flexibility index (Phi) is 5.71. The van der Waals surface area contributed by atoms with Gasteiger partial charge < -0.3 is 15.5 Å². The molecule has 19 heavy (non-hydrogen) atoms. The zero-order chi connectivity index (χ0) is 14.4. The van der Waals surface area contributed by atoms with E-state index in [-0.39, 0.29) is 23.2 Å². The molecule has 0 aliphatic rings. The van der Waals surface area contributed by atoms with Crippen molar-refractivity contribution in [1.82, 2.24) is 5.32 Å². The normalized spacial score (nSPS) is 13.7. The van der Waals surface area contributed by atoms with E-state index in [9.17, 15) is 15.0 Å². The average Bonchev–Trinajstić information content (AvgIpc) is 2.43. The summed E-state index contributed by atoms with van der Waals surface area (Å²) in [5.74, 6) is -0.272. The van der Waals surface area contributed by atoms with Crippen molar-refractivity contribution in [3.05, 3.63) is 29.8 Å². The number of hydrogen-bond donors (Lipinski definition) is 5. The Morgan fingerprint density at radius 2 is 1.89 bits per heavy atom. The number of carbonyl (C=O) groups excluding carboxylic acids is 1. The second-order valence-electron chi connectivity index (χ2n) is 4.04. The van der Waals surface area contributed by atoms with E-state index >= 15 is 0 Å². The summed E-state index contributed by atoms with van der Waals surface area (Å²) >= 11 is 0. The van der Waals surface area contributed by atoms with Crippen molar-refractivity contribution in [2.75, 3.05) is 11.8 Å². The van der Waals surface area contributed by atoms with Gasteiger partial charge in [0.05, 0.1) is 18.3 Å². The number of aliphatic hydroxyl groups excluding tert-OH is 2. The summed E-state index contributed by atoms with van der Waals surface area (Å²) in [7, 11) is 0. The minimum absolute atomic E-state index is 0.0431. The van der Waals surface area contributed by atoms with Crippen LogP contribution in [-0.2, 0) is 4.79 Å². The van der Waals surface area contributed by atoms with E-state index < -0.39 is 18.8 Å². The molecule has 0 aliphatic carbocycles. The summed E-state index contributed by atoms with van der Waals surface area (Å²) in [5, 5.41) is 39.3. The molecule has 1 aromatic rings. The summed E-state index contributed by atoms with van der Waals surface area (Å²) in [5.41, 5.74) is 0.579. The van der Waals surface area contributed by atoms with Crippen LogP contribution in [-0.4, -0.2) is 39.2 Å². The third-order valence-electron chi connectivity index (χ3n) is 2.71. The zero-order valence-corrected chi connectivity index (χ0v) is 10.5. The van der Waals surface area contributed by atoms with Gasteiger partial charge in [-0.2, -0.15) is 0 Å². The Morgan fingerprint density at radius 1 is 1.32 bits per heavy atom. The molecule has 2 unspecified atom stereocenters. The van der Waals surface area contributed by atoms with E-state index in [1.54, 1.807) is 6.92 Å². The number of benzene rings is 1. The van der Waals surface area contributed by atoms with Crippen molar-refractivity contribution in [2.45, 2.75) is 25.5 Å². The molecule has 0 fully saturated rings. The highest BCUT2D eigenvalue weighted by Crippen LogP contribution is 2.20. The molecule has 7 nitrogen and oxygen atoms in total. The van der Waals surface area contributed by atoms with Crippen LogP contribution < -0.4 is 10.5 Å². The number of aliphatic hydroxyl groups is 2. The van der Waals surface area contributed by atoms with Gasteiger partial charge in [0.2, 0.25) is 5.91 Å². The first-order valence-electron chi connectivity index (χ1n) is 5.85. The first-order valence-corrected chi connectivity index (χ1v) is 5.85. The Hall–Kier alpha value is -1.67. The van der Waals surface area contributed by atoms with Crippen molar-refractivity contribution in [3.63, 3.8) is 0 Å². The highest BCUT2D eigenvalue weighted by atomic mass is 16.8. The summed E-state index contributed by atoms with van der Waals surface area (Å²) in [6, 6.07) is 4.90. The van der Waals surface area contributed by atoms with E-state index in [0.717, 1.165) is 0 Å². The molecule has 0 saturated carbocycles. The Balaban J connectivity index is 2.79. The highest BCUT2D eigenvalue weighted by molar-refractivity contribution is 5.75. The van der Waals surface area contributed by atoms with Crippen LogP contribution in [0.25, 0.3) is 0 Å². The van der Waals surface area contributed by atoms with Gasteiger partial charge in [0.15, 0.2) is 0 Å². The van der Waals surface area contributed by atoms with Crippen molar-refractivity contribution >= 4 is 11.6 Å². The molecule has 5 N–H and O–H groups in total. The molecule has 0 aliphatic heterocycles. The van der Waals surface area contributed by atoms with Gasteiger partial charge in [-0.25, -0.2) is 0 Å². The number of nitrogens with one attached hydrogen (secondary N) is 1. The SMILES string of the molecule is CCC(=O)NC(CO)C(O)c1ccc(N(O)O)cc1. The zero-order valence-electron chi connectivity index (χ0n) is 10.5. The first-order chi connectivity index (χ1) is 8.99. The lowest BCUT2D eigenvalue weighted by atomic mass is 10.0. The van der Waals surface area contributed by atoms with Gasteiger partial charge in [-0.05, 0) is 17.7 Å². The van der Waals surface area contributed by atoms with Gasteiger partial charge in [-0.3, -0.25) is 15.2 Å². The van der Waals surface area contributed by atoms with E-state index in [2.05, 4.69) is 5.32 Å². The van der Waals surface area contributed by atoms with Crippen LogP contribution >= 0.6 is 0 Å². The predicted molar refractivity (Wildman–Crippen MR) is 66.8 cm³/mol. The Morgan fingerprint density at radius 3 is 2.32 bits per heavy atom. The minimum atomic E-state index is -1.08. The molecule has 0 radical (unpaired) electrons. The molecular weight excluding hydrogens is 252 g/mol. The maximum atomic E-state index is 11.3. The fraction of sp³-hybridized carbons (Fsp3) is 0.417. The fourth-order valence-corrected chi connectivity index (χ4v) is 1.57. The van der Waals surface area contributed by atoms with Gasteiger partial charge in [0, 0.05) is 6.42 Å². The summed E-state index contributed by atoms with van der Waals surface area (Å²) in [6.07, 6.45) is -0.827. The standard InChI is InChI=1S/C12H18N2O5/c1-2-11(16)13-10(7-15)12(17)8-3-5-9(6-4-8)14(18)19/h3-6,10,12,15,17-19H,2,7H2,1H3,(H,13,16). The smallest absolute Gasteiger partial charge is 0.220 e. The minimum Gasteiger partial charge on any atom is -0.394 e. The molecule has 0 saturated heterocycles. The van der Waals surface area contributed by atoms with Gasteiger partial charge in [-0.1, -0.05) is 19.1 Å². The van der Waals surface area contributed by atoms with Crippen molar-refractivity contribution in [3.8, 4) is 0 Å². The lowest BCUT2D eigenvalue weighted by Crippen LogP contribution is -2.41. The van der Waals surface area contributed by atoms with E-state index in [4.69, 9.17) is 10.4 Å². The first kappa shape index (κ1) is 15.4. The van der Waals surface area contributed by atoms with Crippen molar-refractivity contribution < 1.29 is 25.4 Å². The lowest BCUT2D eigenvalue weighted by molar-refractivity contribution is -0.122.